The Bertz CT molecular complexity index is 962. The Kier molecular flexibility index (Phi) is 6.07. The first-order valence-electron chi connectivity index (χ1n) is 9.10. The number of hydrogen-bond acceptors (Lipinski definition) is 7. The van der Waals surface area contributed by atoms with E-state index >= 15 is 0 Å². The van der Waals surface area contributed by atoms with E-state index in [-0.39, 0.29) is 18.1 Å². The monoisotopic (exact) mass is 398 g/mol. The number of carbonyl (C=O) groups is 2. The van der Waals surface area contributed by atoms with Gasteiger partial charge in [-0.2, -0.15) is 0 Å². The van der Waals surface area contributed by atoms with Gasteiger partial charge in [0.2, 0.25) is 5.78 Å². The fourth-order valence-electron chi connectivity index (χ4n) is 2.85. The number of methoxy groups -OCH3 is 2. The molecule has 1 atom stereocenters. The van der Waals surface area contributed by atoms with Gasteiger partial charge in [0.05, 0.1) is 26.4 Å². The minimum atomic E-state index is -0.777. The Labute approximate surface area is 168 Å². The second-order valence-corrected chi connectivity index (χ2v) is 6.22. The van der Waals surface area contributed by atoms with Crippen molar-refractivity contribution in [3.63, 3.8) is 0 Å². The van der Waals surface area contributed by atoms with Crippen LogP contribution in [0.2, 0.25) is 0 Å². The van der Waals surface area contributed by atoms with Gasteiger partial charge < -0.3 is 23.7 Å². The van der Waals surface area contributed by atoms with Gasteiger partial charge in [-0.25, -0.2) is 4.79 Å². The maximum absolute atomic E-state index is 12.7. The molecule has 7 nitrogen and oxygen atoms in total. The van der Waals surface area contributed by atoms with Crippen LogP contribution in [0.25, 0.3) is 6.08 Å². The highest BCUT2D eigenvalue weighted by atomic mass is 16.6. The Morgan fingerprint density at radius 2 is 1.86 bits per heavy atom. The van der Waals surface area contributed by atoms with Gasteiger partial charge in [0.15, 0.2) is 11.9 Å². The Hall–Kier alpha value is -3.48. The summed E-state index contributed by atoms with van der Waals surface area (Å²) >= 11 is 0. The predicted octanol–water partition coefficient (Wildman–Crippen LogP) is 3.65. The normalized spacial score (nSPS) is 14.8. The Morgan fingerprint density at radius 3 is 2.55 bits per heavy atom. The predicted molar refractivity (Wildman–Crippen MR) is 106 cm³/mol. The molecule has 0 fully saturated rings. The van der Waals surface area contributed by atoms with Gasteiger partial charge in [-0.05, 0) is 50.3 Å². The number of ether oxygens (including phenoxy) is 5. The second-order valence-electron chi connectivity index (χ2n) is 6.22. The van der Waals surface area contributed by atoms with E-state index in [1.54, 1.807) is 70.5 Å². The number of fused-ring (bicyclic) bond motifs is 1. The number of benzene rings is 2. The van der Waals surface area contributed by atoms with E-state index in [1.807, 2.05) is 0 Å². The first kappa shape index (κ1) is 20.3. The molecule has 2 aromatic rings. The van der Waals surface area contributed by atoms with Crippen molar-refractivity contribution in [3.05, 3.63) is 53.3 Å². The molecule has 3 rings (SSSR count). The molecule has 1 heterocycles. The van der Waals surface area contributed by atoms with Gasteiger partial charge >= 0.3 is 5.97 Å². The molecule has 0 saturated carbocycles. The van der Waals surface area contributed by atoms with Crippen LogP contribution in [0.15, 0.2) is 42.2 Å². The Balaban J connectivity index is 1.84. The van der Waals surface area contributed by atoms with Crippen LogP contribution in [0.1, 0.15) is 29.8 Å². The lowest BCUT2D eigenvalue weighted by Gasteiger charge is -2.13. The number of ketones is 1. The zero-order valence-corrected chi connectivity index (χ0v) is 16.7. The summed E-state index contributed by atoms with van der Waals surface area (Å²) in [7, 11) is 3.11. The number of rotatable bonds is 7. The largest absolute Gasteiger partial charge is 0.497 e. The summed E-state index contributed by atoms with van der Waals surface area (Å²) in [6.45, 7) is 3.60. The number of carbonyl (C=O) groups excluding carboxylic acids is 2. The molecule has 0 spiro atoms. The van der Waals surface area contributed by atoms with Crippen LogP contribution in [-0.2, 0) is 9.53 Å². The van der Waals surface area contributed by atoms with Crippen LogP contribution >= 0.6 is 0 Å². The van der Waals surface area contributed by atoms with Crippen LogP contribution in [0.4, 0.5) is 0 Å². The highest BCUT2D eigenvalue weighted by Gasteiger charge is 2.28. The molecular formula is C22H22O7. The lowest BCUT2D eigenvalue weighted by atomic mass is 10.1. The summed E-state index contributed by atoms with van der Waals surface area (Å²) in [5.41, 5.74) is 1.06. The molecule has 1 aliphatic heterocycles. The van der Waals surface area contributed by atoms with Crippen molar-refractivity contribution in [2.75, 3.05) is 20.8 Å². The third-order valence-electron chi connectivity index (χ3n) is 4.30. The van der Waals surface area contributed by atoms with Gasteiger partial charge in [-0.3, -0.25) is 4.79 Å². The fraction of sp³-hybridized carbons (Fsp3) is 0.273. The zero-order chi connectivity index (χ0) is 21.0. The number of allylic oxidation sites excluding steroid dienone is 1. The smallest absolute Gasteiger partial charge is 0.347 e. The van der Waals surface area contributed by atoms with Gasteiger partial charge in [0, 0.05) is 11.6 Å². The molecule has 0 saturated heterocycles. The van der Waals surface area contributed by atoms with Crippen molar-refractivity contribution in [1.82, 2.24) is 0 Å². The molecular weight excluding hydrogens is 376 g/mol. The summed E-state index contributed by atoms with van der Waals surface area (Å²) in [5, 5.41) is 0. The first-order valence-corrected chi connectivity index (χ1v) is 9.10. The van der Waals surface area contributed by atoms with Crippen molar-refractivity contribution in [3.8, 4) is 23.0 Å². The van der Waals surface area contributed by atoms with Crippen molar-refractivity contribution < 1.29 is 33.3 Å². The van der Waals surface area contributed by atoms with Crippen LogP contribution in [-0.4, -0.2) is 38.7 Å². The molecule has 0 amide bonds. The molecule has 0 bridgehead atoms. The van der Waals surface area contributed by atoms with Crippen LogP contribution in [0.3, 0.4) is 0 Å². The minimum absolute atomic E-state index is 0.155. The molecule has 152 valence electrons. The SMILES string of the molecule is CCOC(=O)C(C)Oc1ccc2c(c1)O/C(=C\c1cc(OC)ccc1OC)C2=O. The van der Waals surface area contributed by atoms with E-state index in [9.17, 15) is 9.59 Å². The van der Waals surface area contributed by atoms with Gasteiger partial charge in [0.1, 0.15) is 23.0 Å². The molecule has 1 unspecified atom stereocenters. The van der Waals surface area contributed by atoms with Gasteiger partial charge in [-0.1, -0.05) is 0 Å². The van der Waals surface area contributed by atoms with E-state index in [0.29, 0.717) is 34.1 Å². The quantitative estimate of drug-likeness (QED) is 0.520. The average molecular weight is 398 g/mol. The molecule has 7 heteroatoms. The maximum Gasteiger partial charge on any atom is 0.347 e. The highest BCUT2D eigenvalue weighted by Crippen LogP contribution is 2.36. The molecule has 0 radical (unpaired) electrons. The number of Topliss-reactive ketones (excluding diaryl/α,β-unsaturated/α-hetero) is 1. The first-order chi connectivity index (χ1) is 14.0. The molecule has 0 aliphatic carbocycles. The molecule has 1 aliphatic rings. The highest BCUT2D eigenvalue weighted by molar-refractivity contribution is 6.14. The Morgan fingerprint density at radius 1 is 1.10 bits per heavy atom. The van der Waals surface area contributed by atoms with E-state index in [0.717, 1.165) is 0 Å². The summed E-state index contributed by atoms with van der Waals surface area (Å²) in [6.07, 6.45) is 0.826. The van der Waals surface area contributed by atoms with E-state index in [1.165, 1.54) is 0 Å². The summed E-state index contributed by atoms with van der Waals surface area (Å²) < 4.78 is 26.8. The van der Waals surface area contributed by atoms with E-state index in [4.69, 9.17) is 23.7 Å². The molecule has 29 heavy (non-hydrogen) atoms. The number of esters is 1. The third-order valence-corrected chi connectivity index (χ3v) is 4.30. The van der Waals surface area contributed by atoms with Crippen LogP contribution in [0.5, 0.6) is 23.0 Å². The molecule has 0 aromatic heterocycles. The van der Waals surface area contributed by atoms with Crippen molar-refractivity contribution in [1.29, 1.82) is 0 Å². The zero-order valence-electron chi connectivity index (χ0n) is 16.7. The van der Waals surface area contributed by atoms with Crippen molar-refractivity contribution >= 4 is 17.8 Å². The third kappa shape index (κ3) is 4.34. The van der Waals surface area contributed by atoms with Crippen molar-refractivity contribution in [2.45, 2.75) is 20.0 Å². The number of hydrogen-bond donors (Lipinski definition) is 0. The van der Waals surface area contributed by atoms with E-state index in [2.05, 4.69) is 0 Å². The van der Waals surface area contributed by atoms with E-state index < -0.39 is 12.1 Å². The average Bonchev–Trinajstić information content (AvgIpc) is 3.02. The summed E-state index contributed by atoms with van der Waals surface area (Å²) in [5.74, 6) is 1.41. The topological polar surface area (TPSA) is 80.3 Å². The lowest BCUT2D eigenvalue weighted by molar-refractivity contribution is -0.150. The van der Waals surface area contributed by atoms with Crippen LogP contribution in [0, 0.1) is 0 Å². The second kappa shape index (κ2) is 8.68. The maximum atomic E-state index is 12.7. The molecule has 0 N–H and O–H groups in total. The lowest BCUT2D eigenvalue weighted by Crippen LogP contribution is -2.26. The summed E-state index contributed by atoms with van der Waals surface area (Å²) in [6, 6.07) is 10.1. The minimum Gasteiger partial charge on any atom is -0.497 e. The van der Waals surface area contributed by atoms with Gasteiger partial charge in [-0.15, -0.1) is 0 Å². The summed E-state index contributed by atoms with van der Waals surface area (Å²) in [4.78, 5) is 24.4. The fourth-order valence-corrected chi connectivity index (χ4v) is 2.85. The molecule has 2 aromatic carbocycles. The van der Waals surface area contributed by atoms with Crippen LogP contribution < -0.4 is 18.9 Å². The van der Waals surface area contributed by atoms with Gasteiger partial charge in [0.25, 0.3) is 0 Å². The van der Waals surface area contributed by atoms with Crippen molar-refractivity contribution in [2.24, 2.45) is 0 Å². The standard InChI is InChI=1S/C22H22O7/c1-5-27-22(24)13(2)28-16-6-8-17-19(12-16)29-20(21(17)23)11-14-10-15(25-3)7-9-18(14)26-4/h6-13H,5H2,1-4H3/b20-11-.